The molecule has 0 spiro atoms. The van der Waals surface area contributed by atoms with E-state index in [-0.39, 0.29) is 11.0 Å². The van der Waals surface area contributed by atoms with Crippen LogP contribution in [0.2, 0.25) is 0 Å². The number of fused-ring (bicyclic) bond motifs is 1. The highest BCUT2D eigenvalue weighted by Gasteiger charge is 2.44. The summed E-state index contributed by atoms with van der Waals surface area (Å²) < 4.78 is 5.84. The van der Waals surface area contributed by atoms with Crippen molar-refractivity contribution < 1.29 is 4.74 Å². The lowest BCUT2D eigenvalue weighted by Crippen LogP contribution is -2.32. The average Bonchev–Trinajstić information content (AvgIpc) is 3.21. The third-order valence-corrected chi connectivity index (χ3v) is 9.71. The first-order valence-electron chi connectivity index (χ1n) is 16.0. The van der Waals surface area contributed by atoms with Gasteiger partial charge in [0.05, 0.1) is 5.60 Å². The van der Waals surface area contributed by atoms with Crippen LogP contribution in [-0.2, 0) is 11.2 Å². The van der Waals surface area contributed by atoms with Crippen LogP contribution in [0.5, 0.6) is 0 Å². The molecule has 2 aliphatic carbocycles. The van der Waals surface area contributed by atoms with E-state index < -0.39 is 0 Å². The molecule has 1 fully saturated rings. The lowest BCUT2D eigenvalue weighted by Gasteiger charge is -2.41. The molecule has 1 heteroatoms. The molecule has 37 heavy (non-hydrogen) atoms. The van der Waals surface area contributed by atoms with E-state index in [9.17, 15) is 0 Å². The van der Waals surface area contributed by atoms with Crippen molar-refractivity contribution in [1.29, 1.82) is 0 Å². The van der Waals surface area contributed by atoms with Crippen LogP contribution in [0.3, 0.4) is 0 Å². The zero-order chi connectivity index (χ0) is 26.9. The normalized spacial score (nSPS) is 21.7. The molecular formula is C36H60O. The van der Waals surface area contributed by atoms with Crippen LogP contribution in [0.15, 0.2) is 30.9 Å². The van der Waals surface area contributed by atoms with Crippen LogP contribution in [0.1, 0.15) is 160 Å². The molecule has 3 atom stereocenters. The number of unbranched alkanes of at least 4 members (excludes halogenated alkanes) is 7. The van der Waals surface area contributed by atoms with Crippen molar-refractivity contribution in [3.8, 4) is 0 Å². The van der Waals surface area contributed by atoms with Gasteiger partial charge in [-0.3, -0.25) is 0 Å². The van der Waals surface area contributed by atoms with E-state index in [0.29, 0.717) is 11.8 Å². The summed E-state index contributed by atoms with van der Waals surface area (Å²) in [6, 6.07) is 7.33. The van der Waals surface area contributed by atoms with Gasteiger partial charge in [-0.1, -0.05) is 109 Å². The number of rotatable bonds is 15. The van der Waals surface area contributed by atoms with Crippen molar-refractivity contribution in [3.05, 3.63) is 47.5 Å². The number of allylic oxidation sites excluding steroid dienone is 1. The SMILES string of the molecule is C=CC(CCCCCCCCCCOC(C)(C)C)C(C)(C)C1c2cccc(C3CCCCC3)c2CC1C. The molecule has 1 aromatic carbocycles. The van der Waals surface area contributed by atoms with Crippen LogP contribution in [0.4, 0.5) is 0 Å². The van der Waals surface area contributed by atoms with Crippen molar-refractivity contribution >= 4 is 0 Å². The maximum Gasteiger partial charge on any atom is 0.0598 e. The maximum absolute atomic E-state index is 5.84. The second-order valence-electron chi connectivity index (χ2n) is 14.2. The average molecular weight is 509 g/mol. The lowest BCUT2D eigenvalue weighted by atomic mass is 9.63. The van der Waals surface area contributed by atoms with Crippen LogP contribution in [-0.4, -0.2) is 12.2 Å². The van der Waals surface area contributed by atoms with Gasteiger partial charge in [-0.05, 0) is 98.7 Å². The Labute approximate surface area is 231 Å². The number of ether oxygens (including phenoxy) is 1. The summed E-state index contributed by atoms with van der Waals surface area (Å²) >= 11 is 0. The van der Waals surface area contributed by atoms with Gasteiger partial charge in [-0.2, -0.15) is 0 Å². The first-order valence-corrected chi connectivity index (χ1v) is 16.0. The molecule has 0 bridgehead atoms. The summed E-state index contributed by atoms with van der Waals surface area (Å²) in [6.45, 7) is 19.3. The predicted molar refractivity (Wildman–Crippen MR) is 163 cm³/mol. The van der Waals surface area contributed by atoms with E-state index >= 15 is 0 Å². The monoisotopic (exact) mass is 508 g/mol. The third-order valence-electron chi connectivity index (χ3n) is 9.71. The second-order valence-corrected chi connectivity index (χ2v) is 14.2. The van der Waals surface area contributed by atoms with E-state index in [4.69, 9.17) is 4.74 Å². The largest absolute Gasteiger partial charge is 0.376 e. The Balaban J connectivity index is 1.45. The number of hydrogen-bond acceptors (Lipinski definition) is 1. The van der Waals surface area contributed by atoms with Crippen molar-refractivity contribution in [3.63, 3.8) is 0 Å². The van der Waals surface area contributed by atoms with Gasteiger partial charge in [0, 0.05) is 6.61 Å². The Morgan fingerprint density at radius 1 is 0.865 bits per heavy atom. The van der Waals surface area contributed by atoms with Crippen molar-refractivity contribution in [1.82, 2.24) is 0 Å². The molecule has 0 saturated heterocycles. The summed E-state index contributed by atoms with van der Waals surface area (Å²) in [6.07, 6.45) is 22.7. The fourth-order valence-corrected chi connectivity index (χ4v) is 7.76. The molecule has 210 valence electrons. The minimum atomic E-state index is 0.00886. The molecule has 0 aromatic heterocycles. The topological polar surface area (TPSA) is 9.23 Å². The predicted octanol–water partition coefficient (Wildman–Crippen LogP) is 11.2. The van der Waals surface area contributed by atoms with Gasteiger partial charge in [-0.25, -0.2) is 0 Å². The van der Waals surface area contributed by atoms with E-state index in [1.807, 2.05) is 0 Å². The summed E-state index contributed by atoms with van der Waals surface area (Å²) in [5.41, 5.74) is 5.38. The second kappa shape index (κ2) is 14.3. The third kappa shape index (κ3) is 8.71. The molecule has 1 nitrogen and oxygen atoms in total. The van der Waals surface area contributed by atoms with Crippen LogP contribution in [0, 0.1) is 17.3 Å². The van der Waals surface area contributed by atoms with Gasteiger partial charge in [0.15, 0.2) is 0 Å². The highest BCUT2D eigenvalue weighted by Crippen LogP contribution is 2.54. The van der Waals surface area contributed by atoms with Gasteiger partial charge < -0.3 is 4.74 Å². The van der Waals surface area contributed by atoms with Crippen LogP contribution in [0.25, 0.3) is 0 Å². The molecule has 1 aromatic rings. The van der Waals surface area contributed by atoms with Gasteiger partial charge in [0.25, 0.3) is 0 Å². The zero-order valence-corrected chi connectivity index (χ0v) is 25.5. The van der Waals surface area contributed by atoms with E-state index in [0.717, 1.165) is 18.4 Å². The van der Waals surface area contributed by atoms with E-state index in [1.165, 1.54) is 96.3 Å². The number of hydrogen-bond donors (Lipinski definition) is 0. The number of benzene rings is 1. The Hall–Kier alpha value is -1.08. The quantitative estimate of drug-likeness (QED) is 0.169. The Bertz CT molecular complexity index is 806. The molecular weight excluding hydrogens is 448 g/mol. The minimum Gasteiger partial charge on any atom is -0.376 e. The Kier molecular flexibility index (Phi) is 11.8. The minimum absolute atomic E-state index is 0.00886. The summed E-state index contributed by atoms with van der Waals surface area (Å²) in [5, 5.41) is 0. The standard InChI is InChI=1S/C36H60O/c1-8-30(23-18-13-11-9-10-12-14-19-26-37-35(3,4)5)36(6,7)34-28(2)27-33-31(24-20-25-32(33)34)29-21-16-15-17-22-29/h8,20,24-25,28-30,34H,1,9-19,21-23,26-27H2,2-7H3. The Morgan fingerprint density at radius 3 is 2.08 bits per heavy atom. The molecule has 2 aliphatic rings. The van der Waals surface area contributed by atoms with Crippen molar-refractivity contribution in [2.75, 3.05) is 6.61 Å². The first-order chi connectivity index (χ1) is 17.6. The molecule has 3 rings (SSSR count). The molecule has 0 radical (unpaired) electrons. The lowest BCUT2D eigenvalue weighted by molar-refractivity contribution is -0.00475. The molecule has 0 heterocycles. The van der Waals surface area contributed by atoms with E-state index in [2.05, 4.69) is 72.4 Å². The molecule has 1 saturated carbocycles. The first kappa shape index (κ1) is 30.5. The molecule has 0 aliphatic heterocycles. The van der Waals surface area contributed by atoms with Gasteiger partial charge in [-0.15, -0.1) is 6.58 Å². The highest BCUT2D eigenvalue weighted by molar-refractivity contribution is 5.45. The van der Waals surface area contributed by atoms with Crippen LogP contribution >= 0.6 is 0 Å². The molecule has 0 amide bonds. The summed E-state index contributed by atoms with van der Waals surface area (Å²) in [4.78, 5) is 0. The summed E-state index contributed by atoms with van der Waals surface area (Å²) in [5.74, 6) is 2.78. The van der Waals surface area contributed by atoms with Gasteiger partial charge in [0.1, 0.15) is 0 Å². The summed E-state index contributed by atoms with van der Waals surface area (Å²) in [7, 11) is 0. The highest BCUT2D eigenvalue weighted by atomic mass is 16.5. The maximum atomic E-state index is 5.84. The zero-order valence-electron chi connectivity index (χ0n) is 25.5. The molecule has 0 N–H and O–H groups in total. The van der Waals surface area contributed by atoms with E-state index in [1.54, 1.807) is 16.7 Å². The van der Waals surface area contributed by atoms with Crippen LogP contribution < -0.4 is 0 Å². The van der Waals surface area contributed by atoms with Crippen molar-refractivity contribution in [2.45, 2.75) is 155 Å². The van der Waals surface area contributed by atoms with Gasteiger partial charge in [0.2, 0.25) is 0 Å². The fourth-order valence-electron chi connectivity index (χ4n) is 7.76. The Morgan fingerprint density at radius 2 is 1.46 bits per heavy atom. The fraction of sp³-hybridized carbons (Fsp3) is 0.778. The smallest absolute Gasteiger partial charge is 0.0598 e. The van der Waals surface area contributed by atoms with Gasteiger partial charge >= 0.3 is 0 Å². The van der Waals surface area contributed by atoms with Crippen molar-refractivity contribution in [2.24, 2.45) is 17.3 Å². The molecule has 3 unspecified atom stereocenters.